The summed E-state index contributed by atoms with van der Waals surface area (Å²) in [7, 11) is 9.46. The van der Waals surface area contributed by atoms with Gasteiger partial charge < -0.3 is 33.2 Å². The monoisotopic (exact) mass is 460 g/mol. The largest absolute Gasteiger partial charge is 0.493 e. The fraction of sp³-hybridized carbons (Fsp3) is 0.480. The summed E-state index contributed by atoms with van der Waals surface area (Å²) in [4.78, 5) is 12.1. The van der Waals surface area contributed by atoms with Crippen LogP contribution in [0, 0.1) is 0 Å². The first-order valence-corrected chi connectivity index (χ1v) is 10.7. The second-order valence-electron chi connectivity index (χ2n) is 7.78. The molecule has 3 rings (SSSR count). The highest BCUT2D eigenvalue weighted by atomic mass is 16.5. The van der Waals surface area contributed by atoms with Crippen LogP contribution in [-0.2, 0) is 9.53 Å². The van der Waals surface area contributed by atoms with Crippen LogP contribution in [-0.4, -0.2) is 54.7 Å². The highest BCUT2D eigenvalue weighted by Gasteiger charge is 2.41. The SMILES string of the molecule is COc1cc(C2CCC(c3cc(OC)c(OC)c(OC)c3)C2OC(C)=O)cc(OC)c1OC. The van der Waals surface area contributed by atoms with E-state index >= 15 is 0 Å². The summed E-state index contributed by atoms with van der Waals surface area (Å²) in [6.45, 7) is 1.43. The Morgan fingerprint density at radius 1 is 0.636 bits per heavy atom. The maximum absolute atomic E-state index is 12.1. The fourth-order valence-corrected chi connectivity index (χ4v) is 4.67. The van der Waals surface area contributed by atoms with Crippen LogP contribution in [0.2, 0.25) is 0 Å². The van der Waals surface area contributed by atoms with Gasteiger partial charge in [0.25, 0.3) is 0 Å². The van der Waals surface area contributed by atoms with Gasteiger partial charge >= 0.3 is 5.97 Å². The summed E-state index contributed by atoms with van der Waals surface area (Å²) in [5.74, 6) is 2.82. The van der Waals surface area contributed by atoms with Gasteiger partial charge in [0.1, 0.15) is 6.10 Å². The summed E-state index contributed by atoms with van der Waals surface area (Å²) < 4.78 is 38.9. The lowest BCUT2D eigenvalue weighted by molar-refractivity contribution is -0.147. The van der Waals surface area contributed by atoms with Crippen molar-refractivity contribution in [1.29, 1.82) is 0 Å². The number of hydrogen-bond acceptors (Lipinski definition) is 8. The molecule has 0 aromatic heterocycles. The summed E-state index contributed by atoms with van der Waals surface area (Å²) in [5, 5.41) is 0. The van der Waals surface area contributed by atoms with Crippen molar-refractivity contribution < 1.29 is 38.0 Å². The lowest BCUT2D eigenvalue weighted by Gasteiger charge is -2.27. The number of carbonyl (C=O) groups is 1. The van der Waals surface area contributed by atoms with Crippen LogP contribution >= 0.6 is 0 Å². The van der Waals surface area contributed by atoms with E-state index < -0.39 is 6.10 Å². The number of ether oxygens (including phenoxy) is 7. The van der Waals surface area contributed by atoms with E-state index in [0.29, 0.717) is 34.5 Å². The maximum Gasteiger partial charge on any atom is 0.302 e. The van der Waals surface area contributed by atoms with Crippen molar-refractivity contribution in [3.63, 3.8) is 0 Å². The molecule has 2 aromatic rings. The molecular weight excluding hydrogens is 428 g/mol. The van der Waals surface area contributed by atoms with Gasteiger partial charge in [0.15, 0.2) is 23.0 Å². The minimum Gasteiger partial charge on any atom is -0.493 e. The van der Waals surface area contributed by atoms with Crippen LogP contribution in [0.15, 0.2) is 24.3 Å². The molecule has 0 amide bonds. The molecule has 2 unspecified atom stereocenters. The van der Waals surface area contributed by atoms with Crippen molar-refractivity contribution in [2.24, 2.45) is 0 Å². The molecule has 0 saturated heterocycles. The molecule has 2 aromatic carbocycles. The van der Waals surface area contributed by atoms with E-state index in [4.69, 9.17) is 33.2 Å². The molecule has 0 aliphatic heterocycles. The van der Waals surface area contributed by atoms with Gasteiger partial charge in [0.2, 0.25) is 11.5 Å². The number of carbonyl (C=O) groups excluding carboxylic acids is 1. The van der Waals surface area contributed by atoms with Gasteiger partial charge in [-0.15, -0.1) is 0 Å². The van der Waals surface area contributed by atoms with Crippen LogP contribution in [0.3, 0.4) is 0 Å². The van der Waals surface area contributed by atoms with Crippen LogP contribution < -0.4 is 28.4 Å². The van der Waals surface area contributed by atoms with Crippen LogP contribution in [0.5, 0.6) is 34.5 Å². The summed E-state index contributed by atoms with van der Waals surface area (Å²) in [5.41, 5.74) is 1.90. The van der Waals surface area contributed by atoms with E-state index in [1.165, 1.54) is 6.92 Å². The average Bonchev–Trinajstić information content (AvgIpc) is 3.24. The quantitative estimate of drug-likeness (QED) is 0.512. The van der Waals surface area contributed by atoms with Gasteiger partial charge in [-0.25, -0.2) is 0 Å². The average molecular weight is 461 g/mol. The highest BCUT2D eigenvalue weighted by Crippen LogP contribution is 2.51. The molecule has 8 heteroatoms. The van der Waals surface area contributed by atoms with Gasteiger partial charge in [-0.05, 0) is 48.2 Å². The highest BCUT2D eigenvalue weighted by molar-refractivity contribution is 5.67. The van der Waals surface area contributed by atoms with Crippen molar-refractivity contribution >= 4 is 5.97 Å². The molecule has 0 bridgehead atoms. The molecule has 1 fully saturated rings. The zero-order chi connectivity index (χ0) is 24.1. The van der Waals surface area contributed by atoms with E-state index in [9.17, 15) is 4.79 Å². The maximum atomic E-state index is 12.1. The number of benzene rings is 2. The first-order chi connectivity index (χ1) is 15.9. The predicted molar refractivity (Wildman–Crippen MR) is 122 cm³/mol. The van der Waals surface area contributed by atoms with Crippen molar-refractivity contribution in [2.75, 3.05) is 42.7 Å². The molecule has 1 saturated carbocycles. The van der Waals surface area contributed by atoms with E-state index in [1.54, 1.807) is 42.7 Å². The van der Waals surface area contributed by atoms with E-state index in [-0.39, 0.29) is 17.8 Å². The van der Waals surface area contributed by atoms with Crippen LogP contribution in [0.4, 0.5) is 0 Å². The number of methoxy groups -OCH3 is 6. The number of hydrogen-bond donors (Lipinski definition) is 0. The van der Waals surface area contributed by atoms with Gasteiger partial charge in [-0.2, -0.15) is 0 Å². The van der Waals surface area contributed by atoms with Gasteiger partial charge in [-0.1, -0.05) is 0 Å². The smallest absolute Gasteiger partial charge is 0.302 e. The second kappa shape index (κ2) is 10.6. The van der Waals surface area contributed by atoms with Crippen molar-refractivity contribution in [3.05, 3.63) is 35.4 Å². The van der Waals surface area contributed by atoms with Gasteiger partial charge in [-0.3, -0.25) is 4.79 Å². The molecular formula is C25H32O8. The first kappa shape index (κ1) is 24.4. The van der Waals surface area contributed by atoms with Crippen molar-refractivity contribution in [1.82, 2.24) is 0 Å². The molecule has 1 aliphatic carbocycles. The lowest BCUT2D eigenvalue weighted by atomic mass is 9.89. The standard InChI is InChI=1S/C25H32O8/c1-14(26)33-23-17(15-10-19(27-2)24(31-6)20(11-15)28-3)8-9-18(23)16-12-21(29-4)25(32-7)22(13-16)30-5/h10-13,17-18,23H,8-9H2,1-7H3. The zero-order valence-corrected chi connectivity index (χ0v) is 20.2. The van der Waals surface area contributed by atoms with Crippen molar-refractivity contribution in [3.8, 4) is 34.5 Å². The van der Waals surface area contributed by atoms with Gasteiger partial charge in [0, 0.05) is 18.8 Å². The summed E-state index contributed by atoms with van der Waals surface area (Å²) >= 11 is 0. The molecule has 0 heterocycles. The van der Waals surface area contributed by atoms with Crippen LogP contribution in [0.1, 0.15) is 42.7 Å². The Kier molecular flexibility index (Phi) is 7.79. The third-order valence-corrected chi connectivity index (χ3v) is 6.11. The minimum absolute atomic E-state index is 0.0632. The Bertz CT molecular complexity index is 865. The molecule has 2 atom stereocenters. The lowest BCUT2D eigenvalue weighted by Crippen LogP contribution is -2.25. The second-order valence-corrected chi connectivity index (χ2v) is 7.78. The Labute approximate surface area is 194 Å². The molecule has 8 nitrogen and oxygen atoms in total. The van der Waals surface area contributed by atoms with Crippen LogP contribution in [0.25, 0.3) is 0 Å². The Balaban J connectivity index is 2.07. The molecule has 0 spiro atoms. The summed E-state index contributed by atoms with van der Waals surface area (Å²) in [6, 6.07) is 7.67. The molecule has 33 heavy (non-hydrogen) atoms. The predicted octanol–water partition coefficient (Wildman–Crippen LogP) is 4.33. The third-order valence-electron chi connectivity index (χ3n) is 6.11. The Hall–Kier alpha value is -3.29. The minimum atomic E-state index is -0.395. The van der Waals surface area contributed by atoms with E-state index in [2.05, 4.69) is 0 Å². The normalized spacial score (nSPS) is 19.5. The first-order valence-electron chi connectivity index (χ1n) is 10.7. The van der Waals surface area contributed by atoms with E-state index in [1.807, 2.05) is 24.3 Å². The molecule has 180 valence electrons. The molecule has 0 radical (unpaired) electrons. The summed E-state index contributed by atoms with van der Waals surface area (Å²) in [6.07, 6.45) is 1.21. The molecule has 1 aliphatic rings. The molecule has 0 N–H and O–H groups in total. The fourth-order valence-electron chi connectivity index (χ4n) is 4.67. The van der Waals surface area contributed by atoms with Crippen molar-refractivity contribution in [2.45, 2.75) is 37.7 Å². The Morgan fingerprint density at radius 2 is 0.970 bits per heavy atom. The number of esters is 1. The Morgan fingerprint density at radius 3 is 1.21 bits per heavy atom. The van der Waals surface area contributed by atoms with E-state index in [0.717, 1.165) is 24.0 Å². The zero-order valence-electron chi connectivity index (χ0n) is 20.2. The topological polar surface area (TPSA) is 81.7 Å². The number of rotatable bonds is 9. The van der Waals surface area contributed by atoms with Gasteiger partial charge in [0.05, 0.1) is 42.7 Å². The third kappa shape index (κ3) is 4.74.